The summed E-state index contributed by atoms with van der Waals surface area (Å²) in [5.74, 6) is 0.559. The molecule has 8 heteroatoms. The number of anilines is 1. The van der Waals surface area contributed by atoms with Crippen LogP contribution in [-0.4, -0.2) is 34.8 Å². The van der Waals surface area contributed by atoms with E-state index in [0.717, 1.165) is 22.2 Å². The topological polar surface area (TPSA) is 104 Å². The molecular formula is C35H41N3O5. The molecule has 8 nitrogen and oxygen atoms in total. The number of nitrogens with one attached hydrogen (secondary N) is 2. The molecule has 1 aliphatic rings. The van der Waals surface area contributed by atoms with E-state index >= 15 is 0 Å². The Hall–Kier alpha value is -4.14. The maximum atomic E-state index is 13.2. The minimum Gasteiger partial charge on any atom is -0.489 e. The number of cyclic esters (lactones) is 1. The average Bonchev–Trinajstić information content (AvgIpc) is 3.01. The molecule has 1 amide bonds. The Morgan fingerprint density at radius 1 is 1.00 bits per heavy atom. The standard InChI is InChI=1S/C35H41N3O5/c1-5-35(6-2)28-14-10-11-15-30(28)38(33(41)43-35)19-18-34(3,4)36-22-31(39)27-20-25(42-23-24-12-8-7-9-13-24)21-29-26(27)16-17-32(40)37-29/h7-17,20-21,31,36,39H,5-6,18-19,22-23H2,1-4H3,(H,37,40). The van der Waals surface area contributed by atoms with Crippen LogP contribution in [0.2, 0.25) is 0 Å². The monoisotopic (exact) mass is 583 g/mol. The highest BCUT2D eigenvalue weighted by Gasteiger charge is 2.42. The van der Waals surface area contributed by atoms with Gasteiger partial charge in [-0.3, -0.25) is 9.69 Å². The van der Waals surface area contributed by atoms with Crippen LogP contribution in [0.3, 0.4) is 0 Å². The second-order valence-corrected chi connectivity index (χ2v) is 11.8. The number of H-pyrrole nitrogens is 1. The Kier molecular flexibility index (Phi) is 8.89. The third kappa shape index (κ3) is 6.60. The van der Waals surface area contributed by atoms with Crippen molar-refractivity contribution >= 4 is 22.7 Å². The molecule has 4 aromatic rings. The van der Waals surface area contributed by atoms with Crippen LogP contribution in [-0.2, 0) is 16.9 Å². The molecule has 1 unspecified atom stereocenters. The number of carbonyl (C=O) groups is 1. The fourth-order valence-corrected chi connectivity index (χ4v) is 5.79. The van der Waals surface area contributed by atoms with Gasteiger partial charge in [0.2, 0.25) is 5.56 Å². The van der Waals surface area contributed by atoms with Crippen LogP contribution in [0.25, 0.3) is 10.9 Å². The zero-order chi connectivity index (χ0) is 30.6. The van der Waals surface area contributed by atoms with Crippen molar-refractivity contribution in [3.8, 4) is 5.75 Å². The van der Waals surface area contributed by atoms with E-state index in [9.17, 15) is 14.7 Å². The molecule has 226 valence electrons. The number of β-amino-alcohol motifs (C(OH)–C–C–N with tert-alkyl or cyclic N) is 1. The van der Waals surface area contributed by atoms with Crippen molar-refractivity contribution in [2.45, 2.75) is 70.8 Å². The first-order valence-electron chi connectivity index (χ1n) is 15.0. The van der Waals surface area contributed by atoms with Crippen LogP contribution >= 0.6 is 0 Å². The van der Waals surface area contributed by atoms with Crippen molar-refractivity contribution in [2.24, 2.45) is 0 Å². The lowest BCUT2D eigenvalue weighted by molar-refractivity contribution is -0.00134. The number of hydrogen-bond acceptors (Lipinski definition) is 6. The van der Waals surface area contributed by atoms with Crippen molar-refractivity contribution in [2.75, 3.05) is 18.0 Å². The summed E-state index contributed by atoms with van der Waals surface area (Å²) in [6.45, 7) is 9.29. The number of ether oxygens (including phenoxy) is 2. The van der Waals surface area contributed by atoms with Crippen LogP contribution in [0.5, 0.6) is 5.75 Å². The van der Waals surface area contributed by atoms with Crippen LogP contribution in [0.4, 0.5) is 10.5 Å². The highest BCUT2D eigenvalue weighted by atomic mass is 16.6. The van der Waals surface area contributed by atoms with E-state index in [1.807, 2.05) is 68.4 Å². The third-order valence-electron chi connectivity index (χ3n) is 8.52. The number of para-hydroxylation sites is 1. The second-order valence-electron chi connectivity index (χ2n) is 11.8. The number of nitrogens with zero attached hydrogens (tertiary/aromatic N) is 1. The number of aliphatic hydroxyl groups excluding tert-OH is 1. The smallest absolute Gasteiger partial charge is 0.415 e. The zero-order valence-electron chi connectivity index (χ0n) is 25.4. The van der Waals surface area contributed by atoms with Crippen LogP contribution < -0.4 is 20.5 Å². The van der Waals surface area contributed by atoms with Gasteiger partial charge in [0.05, 0.1) is 17.3 Å². The Labute approximate surface area is 252 Å². The highest BCUT2D eigenvalue weighted by molar-refractivity contribution is 5.91. The lowest BCUT2D eigenvalue weighted by Gasteiger charge is -2.42. The summed E-state index contributed by atoms with van der Waals surface area (Å²) in [5, 5.41) is 15.6. The summed E-state index contributed by atoms with van der Waals surface area (Å²) >= 11 is 0. The molecule has 0 radical (unpaired) electrons. The number of aliphatic hydroxyl groups is 1. The Morgan fingerprint density at radius 3 is 2.47 bits per heavy atom. The molecular weight excluding hydrogens is 542 g/mol. The van der Waals surface area contributed by atoms with Gasteiger partial charge >= 0.3 is 6.09 Å². The van der Waals surface area contributed by atoms with E-state index in [-0.39, 0.29) is 18.2 Å². The fourth-order valence-electron chi connectivity index (χ4n) is 5.79. The van der Waals surface area contributed by atoms with Gasteiger partial charge in [-0.2, -0.15) is 0 Å². The molecule has 0 aliphatic carbocycles. The summed E-state index contributed by atoms with van der Waals surface area (Å²) < 4.78 is 12.1. The summed E-state index contributed by atoms with van der Waals surface area (Å²) in [6, 6.07) is 24.6. The summed E-state index contributed by atoms with van der Waals surface area (Å²) in [6.07, 6.45) is 0.857. The molecule has 3 N–H and O–H groups in total. The molecule has 1 aliphatic heterocycles. The van der Waals surface area contributed by atoms with E-state index in [0.29, 0.717) is 49.2 Å². The van der Waals surface area contributed by atoms with Crippen molar-refractivity contribution < 1.29 is 19.4 Å². The number of hydrogen-bond donors (Lipinski definition) is 3. The van der Waals surface area contributed by atoms with Crippen LogP contribution in [0, 0.1) is 0 Å². The van der Waals surface area contributed by atoms with Crippen molar-refractivity contribution in [1.82, 2.24) is 10.3 Å². The van der Waals surface area contributed by atoms with Gasteiger partial charge in [-0.05, 0) is 62.4 Å². The van der Waals surface area contributed by atoms with Gasteiger partial charge < -0.3 is 24.9 Å². The molecule has 1 atom stereocenters. The molecule has 1 aromatic heterocycles. The maximum Gasteiger partial charge on any atom is 0.415 e. The normalized spacial score (nSPS) is 15.2. The molecule has 0 spiro atoms. The largest absolute Gasteiger partial charge is 0.489 e. The minimum atomic E-state index is -0.872. The SMILES string of the molecule is CCC1(CC)OC(=O)N(CCC(C)(C)NCC(O)c2cc(OCc3ccccc3)cc3[nH]c(=O)ccc23)c2ccccc21. The lowest BCUT2D eigenvalue weighted by Crippen LogP contribution is -2.49. The number of amides is 1. The molecule has 0 bridgehead atoms. The quantitative estimate of drug-likeness (QED) is 0.174. The number of benzene rings is 3. The summed E-state index contributed by atoms with van der Waals surface area (Å²) in [5.41, 5.74) is 2.98. The average molecular weight is 584 g/mol. The van der Waals surface area contributed by atoms with Gasteiger partial charge in [0, 0.05) is 41.7 Å². The number of fused-ring (bicyclic) bond motifs is 2. The van der Waals surface area contributed by atoms with Gasteiger partial charge in [0.1, 0.15) is 18.0 Å². The maximum absolute atomic E-state index is 13.2. The van der Waals surface area contributed by atoms with Crippen LogP contribution in [0.1, 0.15) is 69.8 Å². The number of aromatic nitrogens is 1. The predicted molar refractivity (Wildman–Crippen MR) is 170 cm³/mol. The number of pyridine rings is 1. The van der Waals surface area contributed by atoms with Gasteiger partial charge in [-0.1, -0.05) is 62.4 Å². The first kappa shape index (κ1) is 30.3. The van der Waals surface area contributed by atoms with E-state index < -0.39 is 17.2 Å². The Bertz CT molecular complexity index is 1630. The second kappa shape index (κ2) is 12.6. The van der Waals surface area contributed by atoms with Gasteiger partial charge in [0.25, 0.3) is 0 Å². The summed E-state index contributed by atoms with van der Waals surface area (Å²) in [4.78, 5) is 29.8. The zero-order valence-corrected chi connectivity index (χ0v) is 25.4. The molecule has 0 saturated carbocycles. The van der Waals surface area contributed by atoms with E-state index in [4.69, 9.17) is 9.47 Å². The minimum absolute atomic E-state index is 0.222. The Balaban J connectivity index is 1.29. The summed E-state index contributed by atoms with van der Waals surface area (Å²) in [7, 11) is 0. The van der Waals surface area contributed by atoms with Crippen molar-refractivity contribution in [1.29, 1.82) is 0 Å². The molecule has 2 heterocycles. The molecule has 5 rings (SSSR count). The number of carbonyl (C=O) groups excluding carboxylic acids is 1. The number of rotatable bonds is 12. The highest BCUT2D eigenvalue weighted by Crippen LogP contribution is 2.43. The first-order chi connectivity index (χ1) is 20.6. The lowest BCUT2D eigenvalue weighted by atomic mass is 9.85. The first-order valence-corrected chi connectivity index (χ1v) is 15.0. The number of aromatic amines is 1. The van der Waals surface area contributed by atoms with Gasteiger partial charge in [-0.15, -0.1) is 0 Å². The Morgan fingerprint density at radius 2 is 1.72 bits per heavy atom. The third-order valence-corrected chi connectivity index (χ3v) is 8.52. The molecule has 3 aromatic carbocycles. The van der Waals surface area contributed by atoms with E-state index in [1.54, 1.807) is 17.0 Å². The van der Waals surface area contributed by atoms with Gasteiger partial charge in [0.15, 0.2) is 0 Å². The van der Waals surface area contributed by atoms with Crippen molar-refractivity contribution in [3.05, 3.63) is 106 Å². The molecule has 43 heavy (non-hydrogen) atoms. The van der Waals surface area contributed by atoms with E-state index in [1.165, 1.54) is 6.07 Å². The fraction of sp³-hybridized carbons (Fsp3) is 0.371. The van der Waals surface area contributed by atoms with Gasteiger partial charge in [-0.25, -0.2) is 4.79 Å². The molecule has 0 fully saturated rings. The predicted octanol–water partition coefficient (Wildman–Crippen LogP) is 6.57. The molecule has 0 saturated heterocycles. The van der Waals surface area contributed by atoms with E-state index in [2.05, 4.69) is 30.2 Å². The van der Waals surface area contributed by atoms with Crippen molar-refractivity contribution in [3.63, 3.8) is 0 Å². The van der Waals surface area contributed by atoms with Crippen LogP contribution in [0.15, 0.2) is 83.7 Å².